The first kappa shape index (κ1) is 30.5. The Hall–Kier alpha value is -3.03. The molecule has 0 unspecified atom stereocenters. The molecule has 0 radical (unpaired) electrons. The number of halogens is 1. The van der Waals surface area contributed by atoms with Crippen molar-refractivity contribution in [2.24, 2.45) is 0 Å². The lowest BCUT2D eigenvalue weighted by atomic mass is 10.0. The van der Waals surface area contributed by atoms with Gasteiger partial charge in [-0.05, 0) is 60.5 Å². The van der Waals surface area contributed by atoms with Crippen molar-refractivity contribution in [3.63, 3.8) is 0 Å². The molecule has 39 heavy (non-hydrogen) atoms. The Morgan fingerprint density at radius 2 is 1.87 bits per heavy atom. The predicted octanol–water partition coefficient (Wildman–Crippen LogP) is 5.79. The summed E-state index contributed by atoms with van der Waals surface area (Å²) < 4.78 is 34.8. The molecule has 0 bridgehead atoms. The number of rotatable bonds is 12. The maximum absolute atomic E-state index is 12.7. The molecule has 0 saturated carbocycles. The largest absolute Gasteiger partial charge is 0.507 e. The number of phenols is 1. The highest BCUT2D eigenvalue weighted by molar-refractivity contribution is 9.10. The molecule has 1 N–H and O–H groups in total. The third-order valence-electron chi connectivity index (χ3n) is 6.05. The number of ether oxygens (including phenoxy) is 6. The van der Waals surface area contributed by atoms with E-state index in [-0.39, 0.29) is 17.4 Å². The molecule has 0 amide bonds. The molecule has 0 aromatic heterocycles. The summed E-state index contributed by atoms with van der Waals surface area (Å²) in [5.41, 5.74) is 0.997. The fraction of sp³-hybridized carbons (Fsp3) is 0.433. The number of terminal acetylenes is 1. The molecule has 1 heterocycles. The van der Waals surface area contributed by atoms with Crippen molar-refractivity contribution in [1.82, 2.24) is 0 Å². The topological polar surface area (TPSA) is 92.7 Å². The monoisotopic (exact) mass is 602 g/mol. The zero-order valence-corrected chi connectivity index (χ0v) is 24.4. The predicted molar refractivity (Wildman–Crippen MR) is 150 cm³/mol. The van der Waals surface area contributed by atoms with Gasteiger partial charge in [-0.3, -0.25) is 0 Å². The standard InChI is InChI=1S/C30H35BrO8/c1-7-9-26-28(39-30(3,4)38-26)25(36-18-20-12-14-21(34-5)15-13-20)11-8-10-19(2)37-29(33)27-23(31)16-22(35-6)17-24(27)32/h1,8,11-17,19,25-26,28,32H,9-10,18H2,2-6H3/b11-8-/t19-,25+,26-,28+/m0/s1. The highest BCUT2D eigenvalue weighted by atomic mass is 79.9. The van der Waals surface area contributed by atoms with Crippen LogP contribution in [0.3, 0.4) is 0 Å². The number of carbonyl (C=O) groups excluding carboxylic acids is 1. The van der Waals surface area contributed by atoms with Crippen molar-refractivity contribution < 1.29 is 38.3 Å². The van der Waals surface area contributed by atoms with Crippen LogP contribution in [0, 0.1) is 12.3 Å². The van der Waals surface area contributed by atoms with E-state index in [0.29, 0.717) is 29.7 Å². The van der Waals surface area contributed by atoms with Crippen LogP contribution in [0.25, 0.3) is 0 Å². The van der Waals surface area contributed by atoms with Crippen LogP contribution in [0.5, 0.6) is 17.2 Å². The number of aromatic hydroxyl groups is 1. The van der Waals surface area contributed by atoms with Gasteiger partial charge in [0.2, 0.25) is 0 Å². The molecule has 2 aromatic rings. The summed E-state index contributed by atoms with van der Waals surface area (Å²) in [6, 6.07) is 10.6. The van der Waals surface area contributed by atoms with Crippen LogP contribution in [0.15, 0.2) is 53.0 Å². The molecule has 9 heteroatoms. The Kier molecular flexibility index (Phi) is 10.8. The van der Waals surface area contributed by atoms with E-state index in [2.05, 4.69) is 21.9 Å². The Labute approximate surface area is 238 Å². The van der Waals surface area contributed by atoms with Gasteiger partial charge in [-0.15, -0.1) is 12.3 Å². The fourth-order valence-corrected chi connectivity index (χ4v) is 4.76. The van der Waals surface area contributed by atoms with Gasteiger partial charge >= 0.3 is 5.97 Å². The quantitative estimate of drug-likeness (QED) is 0.185. The van der Waals surface area contributed by atoms with Crippen LogP contribution in [0.1, 0.15) is 49.5 Å². The minimum atomic E-state index is -0.807. The van der Waals surface area contributed by atoms with Crippen molar-refractivity contribution in [3.8, 4) is 29.6 Å². The fourth-order valence-electron chi connectivity index (χ4n) is 4.17. The average molecular weight is 604 g/mol. The second-order valence-corrected chi connectivity index (χ2v) is 10.4. The van der Waals surface area contributed by atoms with Gasteiger partial charge in [0, 0.05) is 23.4 Å². The maximum Gasteiger partial charge on any atom is 0.343 e. The highest BCUT2D eigenvalue weighted by Gasteiger charge is 2.44. The molecule has 210 valence electrons. The van der Waals surface area contributed by atoms with Crippen molar-refractivity contribution in [3.05, 3.63) is 64.1 Å². The molecular weight excluding hydrogens is 568 g/mol. The van der Waals surface area contributed by atoms with E-state index >= 15 is 0 Å². The second kappa shape index (κ2) is 13.9. The Bertz CT molecular complexity index is 1160. The first-order chi connectivity index (χ1) is 18.6. The molecule has 2 aromatic carbocycles. The number of phenolic OH excluding ortho intramolecular Hbond substituents is 1. The zero-order valence-electron chi connectivity index (χ0n) is 22.8. The van der Waals surface area contributed by atoms with E-state index < -0.39 is 30.1 Å². The average Bonchev–Trinajstić information content (AvgIpc) is 3.19. The molecule has 0 aliphatic carbocycles. The van der Waals surface area contributed by atoms with Crippen LogP contribution in [-0.4, -0.2) is 55.5 Å². The molecule has 1 saturated heterocycles. The molecule has 1 fully saturated rings. The van der Waals surface area contributed by atoms with Crippen molar-refractivity contribution >= 4 is 21.9 Å². The van der Waals surface area contributed by atoms with Gasteiger partial charge in [-0.25, -0.2) is 4.79 Å². The molecule has 8 nitrogen and oxygen atoms in total. The number of methoxy groups -OCH3 is 2. The number of hydrogen-bond acceptors (Lipinski definition) is 8. The summed E-state index contributed by atoms with van der Waals surface area (Å²) >= 11 is 3.29. The van der Waals surface area contributed by atoms with Gasteiger partial charge in [-0.2, -0.15) is 0 Å². The van der Waals surface area contributed by atoms with Crippen LogP contribution < -0.4 is 9.47 Å². The van der Waals surface area contributed by atoms with Gasteiger partial charge in [-0.1, -0.05) is 24.3 Å². The van der Waals surface area contributed by atoms with E-state index in [0.717, 1.165) is 11.3 Å². The van der Waals surface area contributed by atoms with Crippen LogP contribution in [0.2, 0.25) is 0 Å². The van der Waals surface area contributed by atoms with Crippen LogP contribution in [0.4, 0.5) is 0 Å². The zero-order chi connectivity index (χ0) is 28.6. The van der Waals surface area contributed by atoms with Crippen molar-refractivity contribution in [2.45, 2.75) is 70.4 Å². The maximum atomic E-state index is 12.7. The van der Waals surface area contributed by atoms with Gasteiger partial charge in [0.25, 0.3) is 0 Å². The minimum absolute atomic E-state index is 0.0307. The van der Waals surface area contributed by atoms with Crippen molar-refractivity contribution in [2.75, 3.05) is 14.2 Å². The summed E-state index contributed by atoms with van der Waals surface area (Å²) in [6.45, 7) is 5.78. The Balaban J connectivity index is 1.70. The summed E-state index contributed by atoms with van der Waals surface area (Å²) in [5.74, 6) is 2.14. The van der Waals surface area contributed by atoms with E-state index in [4.69, 9.17) is 34.8 Å². The Morgan fingerprint density at radius 3 is 2.49 bits per heavy atom. The Morgan fingerprint density at radius 1 is 1.18 bits per heavy atom. The van der Waals surface area contributed by atoms with E-state index in [1.807, 2.05) is 50.3 Å². The summed E-state index contributed by atoms with van der Waals surface area (Å²) in [6.07, 6.45) is 8.38. The molecule has 3 rings (SSSR count). The van der Waals surface area contributed by atoms with Gasteiger partial charge < -0.3 is 33.5 Å². The SMILES string of the molecule is C#CC[C@@H]1OC(C)(C)O[C@@H]1[C@@H](/C=C\C[C@H](C)OC(=O)c1c(O)cc(OC)cc1Br)OCc1ccc(OC)cc1. The molecular formula is C30H35BrO8. The van der Waals surface area contributed by atoms with Crippen molar-refractivity contribution in [1.29, 1.82) is 0 Å². The highest BCUT2D eigenvalue weighted by Crippen LogP contribution is 2.34. The summed E-state index contributed by atoms with van der Waals surface area (Å²) in [5, 5.41) is 10.3. The third kappa shape index (κ3) is 8.48. The second-order valence-electron chi connectivity index (χ2n) is 9.55. The van der Waals surface area contributed by atoms with Crippen LogP contribution in [-0.2, 0) is 25.6 Å². The lowest BCUT2D eigenvalue weighted by Crippen LogP contribution is -2.36. The molecule has 1 aliphatic rings. The van der Waals surface area contributed by atoms with Gasteiger partial charge in [0.05, 0.1) is 20.8 Å². The number of carbonyl (C=O) groups is 1. The van der Waals surface area contributed by atoms with E-state index in [9.17, 15) is 9.90 Å². The number of esters is 1. The summed E-state index contributed by atoms with van der Waals surface area (Å²) in [7, 11) is 3.09. The first-order valence-corrected chi connectivity index (χ1v) is 13.3. The summed E-state index contributed by atoms with van der Waals surface area (Å²) in [4.78, 5) is 12.7. The van der Waals surface area contributed by atoms with Crippen LogP contribution >= 0.6 is 15.9 Å². The van der Waals surface area contributed by atoms with E-state index in [1.54, 1.807) is 20.1 Å². The first-order valence-electron chi connectivity index (χ1n) is 12.5. The van der Waals surface area contributed by atoms with Gasteiger partial charge in [0.1, 0.15) is 47.2 Å². The lowest BCUT2D eigenvalue weighted by molar-refractivity contribution is -0.156. The smallest absolute Gasteiger partial charge is 0.343 e. The number of hydrogen-bond donors (Lipinski definition) is 1. The lowest BCUT2D eigenvalue weighted by Gasteiger charge is -2.24. The molecule has 0 spiro atoms. The molecule has 1 aliphatic heterocycles. The van der Waals surface area contributed by atoms with E-state index in [1.165, 1.54) is 13.2 Å². The third-order valence-corrected chi connectivity index (χ3v) is 6.68. The van der Waals surface area contributed by atoms with Gasteiger partial charge in [0.15, 0.2) is 5.79 Å². The normalized spacial score (nSPS) is 19.8. The molecule has 4 atom stereocenters. The minimum Gasteiger partial charge on any atom is -0.507 e. The number of benzene rings is 2.